The predicted molar refractivity (Wildman–Crippen MR) is 146 cm³/mol. The highest BCUT2D eigenvalue weighted by molar-refractivity contribution is 7.99. The van der Waals surface area contributed by atoms with Crippen molar-refractivity contribution < 1.29 is 14.3 Å². The molecule has 8 nitrogen and oxygen atoms in total. The maximum absolute atomic E-state index is 13.0. The van der Waals surface area contributed by atoms with E-state index in [4.69, 9.17) is 4.74 Å². The van der Waals surface area contributed by atoms with Crippen LogP contribution in [-0.2, 0) is 28.9 Å². The number of methoxy groups -OCH3 is 1. The van der Waals surface area contributed by atoms with Gasteiger partial charge in [-0.25, -0.2) is 4.79 Å². The Morgan fingerprint density at radius 2 is 1.94 bits per heavy atom. The molecule has 1 aromatic carbocycles. The Hall–Kier alpha value is -2.85. The second-order valence-electron chi connectivity index (χ2n) is 8.95. The zero-order valence-corrected chi connectivity index (χ0v) is 22.9. The number of rotatable bonds is 8. The number of nitrogens with zero attached hydrogens (tertiary/aromatic N) is 4. The van der Waals surface area contributed by atoms with Crippen molar-refractivity contribution in [3.8, 4) is 11.4 Å². The Morgan fingerprint density at radius 3 is 2.67 bits per heavy atom. The molecule has 1 aliphatic rings. The first-order chi connectivity index (χ1) is 17.4. The highest BCUT2D eigenvalue weighted by atomic mass is 32.2. The second-order valence-corrected chi connectivity index (χ2v) is 11.0. The predicted octanol–water partition coefficient (Wildman–Crippen LogP) is 5.27. The van der Waals surface area contributed by atoms with E-state index >= 15 is 0 Å². The van der Waals surface area contributed by atoms with E-state index in [1.165, 1.54) is 41.5 Å². The number of thiophene rings is 1. The average Bonchev–Trinajstić information content (AvgIpc) is 3.42. The monoisotopic (exact) mass is 527 g/mol. The molecule has 0 atom stereocenters. The second kappa shape index (κ2) is 11.9. The number of thioether (sulfide) groups is 1. The van der Waals surface area contributed by atoms with Crippen molar-refractivity contribution in [2.75, 3.05) is 37.2 Å². The maximum Gasteiger partial charge on any atom is 0.341 e. The van der Waals surface area contributed by atoms with Gasteiger partial charge in [0.1, 0.15) is 5.00 Å². The number of hydrogen-bond acceptors (Lipinski definition) is 8. The minimum atomic E-state index is -0.383. The summed E-state index contributed by atoms with van der Waals surface area (Å²) in [6.07, 6.45) is 6.29. The van der Waals surface area contributed by atoms with Gasteiger partial charge in [0, 0.05) is 36.8 Å². The lowest BCUT2D eigenvalue weighted by molar-refractivity contribution is -0.113. The Morgan fingerprint density at radius 1 is 1.17 bits per heavy atom. The lowest BCUT2D eigenvalue weighted by atomic mass is 9.96. The number of carbonyl (C=O) groups excluding carboxylic acids is 2. The molecule has 10 heteroatoms. The molecule has 4 rings (SSSR count). The number of benzene rings is 1. The van der Waals surface area contributed by atoms with Gasteiger partial charge in [0.15, 0.2) is 11.0 Å². The average molecular weight is 528 g/mol. The van der Waals surface area contributed by atoms with Crippen LogP contribution in [0.2, 0.25) is 0 Å². The number of ether oxygens (including phenoxy) is 1. The molecule has 0 aliphatic heterocycles. The molecule has 192 valence electrons. The number of fused-ring (bicyclic) bond motifs is 1. The van der Waals surface area contributed by atoms with Gasteiger partial charge in [-0.05, 0) is 50.3 Å². The van der Waals surface area contributed by atoms with Crippen LogP contribution in [0.25, 0.3) is 11.4 Å². The Balaban J connectivity index is 1.50. The molecule has 2 heterocycles. The molecule has 0 fully saturated rings. The van der Waals surface area contributed by atoms with E-state index in [1.54, 1.807) is 0 Å². The van der Waals surface area contributed by atoms with E-state index in [0.29, 0.717) is 22.3 Å². The van der Waals surface area contributed by atoms with E-state index < -0.39 is 0 Å². The van der Waals surface area contributed by atoms with Crippen LogP contribution in [0.4, 0.5) is 10.7 Å². The largest absolute Gasteiger partial charge is 0.465 e. The Bertz CT molecular complexity index is 1230. The van der Waals surface area contributed by atoms with Crippen LogP contribution in [0.3, 0.4) is 0 Å². The molecular weight excluding hydrogens is 494 g/mol. The first kappa shape index (κ1) is 26.2. The molecule has 0 saturated heterocycles. The molecule has 0 spiro atoms. The van der Waals surface area contributed by atoms with E-state index in [0.717, 1.165) is 54.7 Å². The van der Waals surface area contributed by atoms with Gasteiger partial charge in [0.2, 0.25) is 5.91 Å². The topological polar surface area (TPSA) is 89.3 Å². The molecule has 0 saturated carbocycles. The summed E-state index contributed by atoms with van der Waals surface area (Å²) >= 11 is 2.85. The van der Waals surface area contributed by atoms with Crippen molar-refractivity contribution in [2.45, 2.75) is 57.1 Å². The summed E-state index contributed by atoms with van der Waals surface area (Å²) in [7, 11) is 5.39. The van der Waals surface area contributed by atoms with Crippen molar-refractivity contribution in [3.05, 3.63) is 40.3 Å². The first-order valence-electron chi connectivity index (χ1n) is 12.3. The lowest BCUT2D eigenvalue weighted by Crippen LogP contribution is -2.17. The van der Waals surface area contributed by atoms with Crippen LogP contribution >= 0.6 is 23.1 Å². The van der Waals surface area contributed by atoms with Crippen LogP contribution < -0.4 is 10.2 Å². The number of nitrogens with one attached hydrogen (secondary N) is 1. The van der Waals surface area contributed by atoms with Crippen LogP contribution in [0.5, 0.6) is 0 Å². The van der Waals surface area contributed by atoms with E-state index in [-0.39, 0.29) is 17.6 Å². The zero-order valence-electron chi connectivity index (χ0n) is 21.3. The van der Waals surface area contributed by atoms with Gasteiger partial charge in [-0.2, -0.15) is 0 Å². The fourth-order valence-electron chi connectivity index (χ4n) is 4.44. The number of esters is 1. The smallest absolute Gasteiger partial charge is 0.341 e. The molecule has 3 aromatic rings. The Labute approximate surface area is 220 Å². The van der Waals surface area contributed by atoms with E-state index in [9.17, 15) is 9.59 Å². The van der Waals surface area contributed by atoms with Gasteiger partial charge in [0.05, 0.1) is 18.4 Å². The molecule has 2 aromatic heterocycles. The van der Waals surface area contributed by atoms with Crippen LogP contribution in [0, 0.1) is 0 Å². The van der Waals surface area contributed by atoms with Crippen LogP contribution in [-0.4, -0.2) is 53.6 Å². The number of aromatic nitrogens is 3. The Kier molecular flexibility index (Phi) is 8.68. The zero-order chi connectivity index (χ0) is 25.7. The fourth-order valence-corrected chi connectivity index (χ4v) is 6.53. The molecule has 0 radical (unpaired) electrons. The molecule has 0 unspecified atom stereocenters. The van der Waals surface area contributed by atoms with E-state index in [1.807, 2.05) is 48.7 Å². The SMILES string of the molecule is CCn1c(SCC(=O)Nc2sc3c(c2C(=O)OC)CCCCCC3)nnc1-c1cccc(N(C)C)c1. The molecule has 1 aliphatic carbocycles. The summed E-state index contributed by atoms with van der Waals surface area (Å²) < 4.78 is 7.09. The summed E-state index contributed by atoms with van der Waals surface area (Å²) in [6.45, 7) is 2.72. The quantitative estimate of drug-likeness (QED) is 0.315. The summed E-state index contributed by atoms with van der Waals surface area (Å²) in [5, 5.41) is 13.0. The number of aryl methyl sites for hydroxylation is 1. The highest BCUT2D eigenvalue weighted by Gasteiger charge is 2.26. The number of hydrogen-bond donors (Lipinski definition) is 1. The van der Waals surface area contributed by atoms with E-state index in [2.05, 4.69) is 21.6 Å². The standard InChI is InChI=1S/C26H33N5O3S2/c1-5-31-23(17-11-10-12-18(15-17)30(2)3)28-29-26(31)35-16-21(32)27-24-22(25(33)34-4)19-13-8-6-7-9-14-20(19)36-24/h10-12,15H,5-9,13-14,16H2,1-4H3,(H,27,32). The summed E-state index contributed by atoms with van der Waals surface area (Å²) in [5.41, 5.74) is 3.63. The molecule has 1 amide bonds. The third kappa shape index (κ3) is 5.75. The number of amides is 1. The minimum Gasteiger partial charge on any atom is -0.465 e. The molecular formula is C26H33N5O3S2. The van der Waals surface area contributed by atoms with Gasteiger partial charge in [-0.15, -0.1) is 21.5 Å². The van der Waals surface area contributed by atoms with Gasteiger partial charge in [-0.3, -0.25) is 4.79 Å². The van der Waals surface area contributed by atoms with Crippen LogP contribution in [0.1, 0.15) is 53.4 Å². The third-order valence-corrected chi connectivity index (χ3v) is 8.47. The van der Waals surface area contributed by atoms with Crippen molar-refractivity contribution in [2.24, 2.45) is 0 Å². The third-order valence-electron chi connectivity index (χ3n) is 6.30. The van der Waals surface area contributed by atoms with Crippen molar-refractivity contribution in [1.29, 1.82) is 0 Å². The van der Waals surface area contributed by atoms with Gasteiger partial charge in [0.25, 0.3) is 0 Å². The van der Waals surface area contributed by atoms with Crippen molar-refractivity contribution in [1.82, 2.24) is 14.8 Å². The summed E-state index contributed by atoms with van der Waals surface area (Å²) in [5.74, 6) is 0.377. The van der Waals surface area contributed by atoms with Gasteiger partial charge < -0.3 is 19.5 Å². The molecule has 36 heavy (non-hydrogen) atoms. The highest BCUT2D eigenvalue weighted by Crippen LogP contribution is 2.37. The molecule has 0 bridgehead atoms. The van der Waals surface area contributed by atoms with Gasteiger partial charge in [-0.1, -0.05) is 36.7 Å². The minimum absolute atomic E-state index is 0.166. The first-order valence-corrected chi connectivity index (χ1v) is 14.1. The van der Waals surface area contributed by atoms with Crippen LogP contribution in [0.15, 0.2) is 29.4 Å². The lowest BCUT2D eigenvalue weighted by Gasteiger charge is -2.14. The van der Waals surface area contributed by atoms with Crippen molar-refractivity contribution >= 4 is 45.7 Å². The fraction of sp³-hybridized carbons (Fsp3) is 0.462. The normalized spacial score (nSPS) is 13.4. The van der Waals surface area contributed by atoms with Crippen molar-refractivity contribution in [3.63, 3.8) is 0 Å². The number of anilines is 2. The molecule has 1 N–H and O–H groups in total. The summed E-state index contributed by atoms with van der Waals surface area (Å²) in [4.78, 5) is 28.8. The number of carbonyl (C=O) groups is 2. The summed E-state index contributed by atoms with van der Waals surface area (Å²) in [6, 6.07) is 8.14. The van der Waals surface area contributed by atoms with Gasteiger partial charge >= 0.3 is 5.97 Å². The maximum atomic E-state index is 13.0.